The molecule has 6 nitrogen and oxygen atoms in total. The van der Waals surface area contributed by atoms with Crippen LogP contribution < -0.4 is 10.5 Å². The van der Waals surface area contributed by atoms with Gasteiger partial charge in [-0.05, 0) is 6.07 Å². The van der Waals surface area contributed by atoms with Crippen LogP contribution in [0.5, 0.6) is 0 Å². The first kappa shape index (κ1) is 15.5. The highest BCUT2D eigenvalue weighted by atomic mass is 32.2. The Morgan fingerprint density at radius 1 is 1.37 bits per heavy atom. The third kappa shape index (κ3) is 3.98. The zero-order chi connectivity index (χ0) is 14.6. The molecule has 0 heterocycles. The van der Waals surface area contributed by atoms with E-state index in [0.29, 0.717) is 0 Å². The average molecular weight is 301 g/mol. The zero-order valence-corrected chi connectivity index (χ0v) is 12.2. The molecule has 0 atom stereocenters. The molecular weight excluding hydrogens is 286 g/mol. The Balaban J connectivity index is 3.02. The smallest absolute Gasteiger partial charge is 0.241 e. The van der Waals surface area contributed by atoms with Gasteiger partial charge in [0, 0.05) is 19.7 Å². The molecule has 0 fully saturated rings. The molecule has 0 saturated carbocycles. The lowest BCUT2D eigenvalue weighted by molar-refractivity contribution is -0.127. The van der Waals surface area contributed by atoms with E-state index in [2.05, 4.69) is 4.72 Å². The minimum absolute atomic E-state index is 0.0140. The van der Waals surface area contributed by atoms with Crippen molar-refractivity contribution in [1.29, 1.82) is 0 Å². The predicted molar refractivity (Wildman–Crippen MR) is 76.2 cm³/mol. The van der Waals surface area contributed by atoms with E-state index in [-0.39, 0.29) is 27.9 Å². The number of nitrogens with two attached hydrogens (primary N) is 1. The number of rotatable bonds is 5. The van der Waals surface area contributed by atoms with E-state index in [9.17, 15) is 13.2 Å². The maximum Gasteiger partial charge on any atom is 0.241 e. The molecule has 0 aliphatic carbocycles. The van der Waals surface area contributed by atoms with Crippen molar-refractivity contribution in [3.05, 3.63) is 29.8 Å². The lowest BCUT2D eigenvalue weighted by Gasteiger charge is -2.13. The number of likely N-dealkylation sites (N-methyl/N-ethyl adjacent to an activating group) is 1. The number of nitrogens with zero attached hydrogens (tertiary/aromatic N) is 1. The maximum atomic E-state index is 12.1. The van der Waals surface area contributed by atoms with Crippen molar-refractivity contribution in [1.82, 2.24) is 9.62 Å². The largest absolute Gasteiger partial charge is 0.389 e. The van der Waals surface area contributed by atoms with Crippen LogP contribution in [0, 0.1) is 0 Å². The van der Waals surface area contributed by atoms with Crippen molar-refractivity contribution in [2.24, 2.45) is 5.73 Å². The second kappa shape index (κ2) is 6.09. The van der Waals surface area contributed by atoms with E-state index in [1.807, 2.05) is 0 Å². The molecule has 3 N–H and O–H groups in total. The Bertz CT molecular complexity index is 597. The summed E-state index contributed by atoms with van der Waals surface area (Å²) in [7, 11) is -0.747. The minimum Gasteiger partial charge on any atom is -0.389 e. The molecule has 0 aliphatic rings. The van der Waals surface area contributed by atoms with Crippen molar-refractivity contribution >= 4 is 33.1 Å². The highest BCUT2D eigenvalue weighted by molar-refractivity contribution is 7.89. The van der Waals surface area contributed by atoms with E-state index in [0.717, 1.165) is 0 Å². The Hall–Kier alpha value is -1.51. The van der Waals surface area contributed by atoms with Gasteiger partial charge in [-0.2, -0.15) is 0 Å². The van der Waals surface area contributed by atoms with E-state index >= 15 is 0 Å². The summed E-state index contributed by atoms with van der Waals surface area (Å²) in [4.78, 5) is 12.6. The molecule has 8 heteroatoms. The normalized spacial score (nSPS) is 11.1. The number of nitrogens with one attached hydrogen (secondary N) is 1. The molecule has 1 amide bonds. The third-order valence-electron chi connectivity index (χ3n) is 2.35. The number of hydrogen-bond acceptors (Lipinski definition) is 4. The first-order chi connectivity index (χ1) is 8.75. The van der Waals surface area contributed by atoms with Crippen molar-refractivity contribution in [3.63, 3.8) is 0 Å². The molecule has 0 bridgehead atoms. The molecule has 1 aromatic carbocycles. The van der Waals surface area contributed by atoms with Crippen LogP contribution in [-0.2, 0) is 14.8 Å². The first-order valence-electron chi connectivity index (χ1n) is 5.34. The Labute approximate surface area is 117 Å². The second-order valence-corrected chi connectivity index (χ2v) is 6.15. The first-order valence-corrected chi connectivity index (χ1v) is 7.23. The van der Waals surface area contributed by atoms with E-state index in [1.54, 1.807) is 26.2 Å². The van der Waals surface area contributed by atoms with Crippen LogP contribution in [0.25, 0.3) is 0 Å². The topological polar surface area (TPSA) is 92.5 Å². The lowest BCUT2D eigenvalue weighted by atomic mass is 10.2. The van der Waals surface area contributed by atoms with Gasteiger partial charge < -0.3 is 10.6 Å². The molecule has 19 heavy (non-hydrogen) atoms. The van der Waals surface area contributed by atoms with Crippen LogP contribution in [0.15, 0.2) is 29.2 Å². The van der Waals surface area contributed by atoms with Gasteiger partial charge in [0.15, 0.2) is 0 Å². The summed E-state index contributed by atoms with van der Waals surface area (Å²) in [5.41, 5.74) is 5.73. The Morgan fingerprint density at radius 3 is 2.47 bits per heavy atom. The Morgan fingerprint density at radius 2 is 1.95 bits per heavy atom. The zero-order valence-electron chi connectivity index (χ0n) is 10.6. The highest BCUT2D eigenvalue weighted by Crippen LogP contribution is 2.14. The molecule has 104 valence electrons. The number of sulfonamides is 1. The van der Waals surface area contributed by atoms with Gasteiger partial charge in [0.2, 0.25) is 15.9 Å². The van der Waals surface area contributed by atoms with Gasteiger partial charge in [0.05, 0.1) is 11.4 Å². The van der Waals surface area contributed by atoms with Gasteiger partial charge in [-0.3, -0.25) is 4.79 Å². The van der Waals surface area contributed by atoms with Gasteiger partial charge in [-0.1, -0.05) is 30.4 Å². The monoisotopic (exact) mass is 301 g/mol. The predicted octanol–water partition coefficient (Wildman–Crippen LogP) is -0.313. The van der Waals surface area contributed by atoms with E-state index in [4.69, 9.17) is 18.0 Å². The number of benzene rings is 1. The molecule has 0 radical (unpaired) electrons. The van der Waals surface area contributed by atoms with Crippen LogP contribution >= 0.6 is 12.2 Å². The molecule has 0 aliphatic heterocycles. The molecule has 0 unspecified atom stereocenters. The number of hydrogen-bond donors (Lipinski definition) is 2. The minimum atomic E-state index is -3.83. The summed E-state index contributed by atoms with van der Waals surface area (Å²) in [5.74, 6) is -0.351. The number of thiocarbonyl (C=S) groups is 1. The summed E-state index contributed by atoms with van der Waals surface area (Å²) in [6.07, 6.45) is 0. The number of carbonyl (C=O) groups excluding carboxylic acids is 1. The SMILES string of the molecule is CN(C)C(=O)CNS(=O)(=O)c1ccccc1C(N)=S. The van der Waals surface area contributed by atoms with Crippen molar-refractivity contribution in [2.75, 3.05) is 20.6 Å². The quantitative estimate of drug-likeness (QED) is 0.728. The number of carbonyl (C=O) groups is 1. The summed E-state index contributed by atoms with van der Waals surface area (Å²) < 4.78 is 26.4. The third-order valence-corrected chi connectivity index (χ3v) is 4.03. The van der Waals surface area contributed by atoms with Crippen LogP contribution in [0.3, 0.4) is 0 Å². The molecule has 0 aromatic heterocycles. The van der Waals surface area contributed by atoms with E-state index in [1.165, 1.54) is 17.0 Å². The molecule has 0 spiro atoms. The van der Waals surface area contributed by atoms with Crippen molar-refractivity contribution in [3.8, 4) is 0 Å². The summed E-state index contributed by atoms with van der Waals surface area (Å²) in [6, 6.07) is 6.10. The fourth-order valence-electron chi connectivity index (χ4n) is 1.30. The van der Waals surface area contributed by atoms with Crippen molar-refractivity contribution < 1.29 is 13.2 Å². The van der Waals surface area contributed by atoms with Crippen molar-refractivity contribution in [2.45, 2.75) is 4.90 Å². The summed E-state index contributed by atoms with van der Waals surface area (Å²) >= 11 is 4.81. The fourth-order valence-corrected chi connectivity index (χ4v) is 2.73. The van der Waals surface area contributed by atoms with Crippen LogP contribution in [0.2, 0.25) is 0 Å². The standard InChI is InChI=1S/C11H15N3O3S2/c1-14(2)10(15)7-13-19(16,17)9-6-4-3-5-8(9)11(12)18/h3-6,13H,7H2,1-2H3,(H2,12,18). The second-order valence-electron chi connectivity index (χ2n) is 3.97. The highest BCUT2D eigenvalue weighted by Gasteiger charge is 2.20. The average Bonchev–Trinajstić information content (AvgIpc) is 2.35. The Kier molecular flexibility index (Phi) is 4.98. The molecule has 1 aromatic rings. The van der Waals surface area contributed by atoms with Gasteiger partial charge >= 0.3 is 0 Å². The molecular formula is C11H15N3O3S2. The van der Waals surface area contributed by atoms with Crippen LogP contribution in [-0.4, -0.2) is 44.9 Å². The van der Waals surface area contributed by atoms with Crippen LogP contribution in [0.1, 0.15) is 5.56 Å². The van der Waals surface area contributed by atoms with Crippen LogP contribution in [0.4, 0.5) is 0 Å². The number of amides is 1. The van der Waals surface area contributed by atoms with Gasteiger partial charge in [0.25, 0.3) is 0 Å². The maximum absolute atomic E-state index is 12.1. The molecule has 1 rings (SSSR count). The summed E-state index contributed by atoms with van der Waals surface area (Å²) in [5, 5.41) is 0. The summed E-state index contributed by atoms with van der Waals surface area (Å²) in [6.45, 7) is -0.318. The van der Waals surface area contributed by atoms with Gasteiger partial charge in [-0.25, -0.2) is 13.1 Å². The lowest BCUT2D eigenvalue weighted by Crippen LogP contribution is -2.36. The fraction of sp³-hybridized carbons (Fsp3) is 0.273. The van der Waals surface area contributed by atoms with Gasteiger partial charge in [0.1, 0.15) is 4.99 Å². The molecule has 0 saturated heterocycles. The van der Waals surface area contributed by atoms with Gasteiger partial charge in [-0.15, -0.1) is 0 Å². The van der Waals surface area contributed by atoms with E-state index < -0.39 is 10.0 Å².